The second-order valence-electron chi connectivity index (χ2n) is 5.19. The molecule has 0 amide bonds. The van der Waals surface area contributed by atoms with Crippen LogP contribution in [0.2, 0.25) is 0 Å². The first-order valence-corrected chi connectivity index (χ1v) is 7.02. The molecule has 0 bridgehead atoms. The lowest BCUT2D eigenvalue weighted by Gasteiger charge is -2.13. The van der Waals surface area contributed by atoms with Gasteiger partial charge in [0.2, 0.25) is 0 Å². The van der Waals surface area contributed by atoms with Gasteiger partial charge in [-0.3, -0.25) is 4.79 Å². The fourth-order valence-corrected chi connectivity index (χ4v) is 2.33. The minimum atomic E-state index is -0.771. The van der Waals surface area contributed by atoms with Gasteiger partial charge < -0.3 is 9.84 Å². The molecule has 0 radical (unpaired) electrons. The molecule has 0 heterocycles. The van der Waals surface area contributed by atoms with E-state index < -0.39 is 11.9 Å². The van der Waals surface area contributed by atoms with E-state index >= 15 is 0 Å². The van der Waals surface area contributed by atoms with Gasteiger partial charge in [0, 0.05) is 0 Å². The molecule has 110 valence electrons. The number of carbonyl (C=O) groups is 1. The maximum absolute atomic E-state index is 11.5. The summed E-state index contributed by atoms with van der Waals surface area (Å²) in [7, 11) is 1.63. The number of methoxy groups -OCH3 is 1. The topological polar surface area (TPSA) is 46.5 Å². The predicted octanol–water partition coefficient (Wildman–Crippen LogP) is 3.80. The second kappa shape index (κ2) is 6.93. The number of carboxylic acids is 1. The fraction of sp³-hybridized carbons (Fsp3) is 0.278. The van der Waals surface area contributed by atoms with Crippen molar-refractivity contribution in [2.75, 3.05) is 7.11 Å². The lowest BCUT2D eigenvalue weighted by Crippen LogP contribution is -2.12. The predicted molar refractivity (Wildman–Crippen MR) is 82.9 cm³/mol. The van der Waals surface area contributed by atoms with Gasteiger partial charge in [-0.1, -0.05) is 42.0 Å². The SMILES string of the molecule is COc1ccc(CCC(C(=O)O)c2ccc(C)cc2)cc1. The number of carboxylic acid groups (broad SMARTS) is 1. The molecule has 0 aliphatic heterocycles. The highest BCUT2D eigenvalue weighted by Gasteiger charge is 2.19. The molecule has 0 spiro atoms. The summed E-state index contributed by atoms with van der Waals surface area (Å²) < 4.78 is 5.12. The maximum atomic E-state index is 11.5. The Morgan fingerprint density at radius 2 is 1.71 bits per heavy atom. The Kier molecular flexibility index (Phi) is 4.99. The highest BCUT2D eigenvalue weighted by Crippen LogP contribution is 2.23. The van der Waals surface area contributed by atoms with E-state index in [9.17, 15) is 9.90 Å². The Labute approximate surface area is 125 Å². The highest BCUT2D eigenvalue weighted by molar-refractivity contribution is 5.76. The summed E-state index contributed by atoms with van der Waals surface area (Å²) in [6.45, 7) is 2.00. The molecule has 1 N–H and O–H groups in total. The highest BCUT2D eigenvalue weighted by atomic mass is 16.5. The van der Waals surface area contributed by atoms with Gasteiger partial charge in [0.05, 0.1) is 13.0 Å². The van der Waals surface area contributed by atoms with Gasteiger partial charge in [0.1, 0.15) is 5.75 Å². The minimum absolute atomic E-state index is 0.465. The van der Waals surface area contributed by atoms with Gasteiger partial charge in [-0.2, -0.15) is 0 Å². The first kappa shape index (κ1) is 15.1. The van der Waals surface area contributed by atoms with Crippen molar-refractivity contribution in [3.8, 4) is 5.75 Å². The van der Waals surface area contributed by atoms with E-state index in [0.29, 0.717) is 6.42 Å². The summed E-state index contributed by atoms with van der Waals surface area (Å²) >= 11 is 0. The summed E-state index contributed by atoms with van der Waals surface area (Å²) in [5, 5.41) is 9.44. The molecule has 3 nitrogen and oxygen atoms in total. The number of hydrogen-bond acceptors (Lipinski definition) is 2. The van der Waals surface area contributed by atoms with Crippen LogP contribution in [-0.2, 0) is 11.2 Å². The maximum Gasteiger partial charge on any atom is 0.310 e. The van der Waals surface area contributed by atoms with Crippen LogP contribution in [0.15, 0.2) is 48.5 Å². The van der Waals surface area contributed by atoms with E-state index in [-0.39, 0.29) is 0 Å². The summed E-state index contributed by atoms with van der Waals surface area (Å²) in [5.74, 6) is -0.424. The monoisotopic (exact) mass is 284 g/mol. The van der Waals surface area contributed by atoms with Crippen molar-refractivity contribution < 1.29 is 14.6 Å². The molecule has 1 atom stereocenters. The molecule has 0 saturated carbocycles. The number of rotatable bonds is 6. The van der Waals surface area contributed by atoms with Gasteiger partial charge >= 0.3 is 5.97 Å². The number of ether oxygens (including phenoxy) is 1. The van der Waals surface area contributed by atoms with Gasteiger partial charge in [0.25, 0.3) is 0 Å². The van der Waals surface area contributed by atoms with Gasteiger partial charge in [-0.25, -0.2) is 0 Å². The van der Waals surface area contributed by atoms with Crippen molar-refractivity contribution in [2.24, 2.45) is 0 Å². The molecule has 0 aliphatic rings. The Bertz CT molecular complexity index is 585. The van der Waals surface area contributed by atoms with Crippen LogP contribution in [0.3, 0.4) is 0 Å². The van der Waals surface area contributed by atoms with Crippen molar-refractivity contribution >= 4 is 5.97 Å². The number of benzene rings is 2. The molecule has 0 aromatic heterocycles. The molecule has 2 aromatic rings. The third-order valence-corrected chi connectivity index (χ3v) is 3.66. The zero-order valence-corrected chi connectivity index (χ0v) is 12.4. The number of aryl methyl sites for hydroxylation is 2. The standard InChI is InChI=1S/C18H20O3/c1-13-3-8-15(9-4-13)17(18(19)20)12-7-14-5-10-16(21-2)11-6-14/h3-6,8-11,17H,7,12H2,1-2H3,(H,19,20). The largest absolute Gasteiger partial charge is 0.497 e. The molecule has 0 saturated heterocycles. The van der Waals surface area contributed by atoms with Crippen LogP contribution < -0.4 is 4.74 Å². The van der Waals surface area contributed by atoms with Crippen molar-refractivity contribution in [2.45, 2.75) is 25.7 Å². The van der Waals surface area contributed by atoms with Crippen LogP contribution in [0.1, 0.15) is 29.0 Å². The van der Waals surface area contributed by atoms with Crippen LogP contribution in [0.4, 0.5) is 0 Å². The minimum Gasteiger partial charge on any atom is -0.497 e. The van der Waals surface area contributed by atoms with E-state index in [1.165, 1.54) is 0 Å². The van der Waals surface area contributed by atoms with Crippen LogP contribution >= 0.6 is 0 Å². The molecule has 21 heavy (non-hydrogen) atoms. The Hall–Kier alpha value is -2.29. The van der Waals surface area contributed by atoms with Gasteiger partial charge in [-0.15, -0.1) is 0 Å². The third kappa shape index (κ3) is 4.09. The summed E-state index contributed by atoms with van der Waals surface area (Å²) in [5.41, 5.74) is 3.12. The van der Waals surface area contributed by atoms with Crippen molar-refractivity contribution in [3.05, 3.63) is 65.2 Å². The van der Waals surface area contributed by atoms with Crippen LogP contribution in [0.25, 0.3) is 0 Å². The van der Waals surface area contributed by atoms with Crippen LogP contribution in [0.5, 0.6) is 5.75 Å². The van der Waals surface area contributed by atoms with E-state index in [1.807, 2.05) is 55.5 Å². The molecule has 3 heteroatoms. The molecule has 0 fully saturated rings. The number of aliphatic carboxylic acids is 1. The first-order chi connectivity index (χ1) is 10.1. The van der Waals surface area contributed by atoms with Crippen LogP contribution in [0, 0.1) is 6.92 Å². The normalized spacial score (nSPS) is 11.9. The average Bonchev–Trinajstić information content (AvgIpc) is 2.49. The quantitative estimate of drug-likeness (QED) is 0.877. The van der Waals surface area contributed by atoms with E-state index in [2.05, 4.69) is 0 Å². The third-order valence-electron chi connectivity index (χ3n) is 3.66. The van der Waals surface area contributed by atoms with Gasteiger partial charge in [-0.05, 0) is 43.0 Å². The van der Waals surface area contributed by atoms with Gasteiger partial charge in [0.15, 0.2) is 0 Å². The number of hydrogen-bond donors (Lipinski definition) is 1. The van der Waals surface area contributed by atoms with E-state index in [4.69, 9.17) is 4.74 Å². The molecular weight excluding hydrogens is 264 g/mol. The first-order valence-electron chi connectivity index (χ1n) is 7.02. The molecule has 2 rings (SSSR count). The lowest BCUT2D eigenvalue weighted by molar-refractivity contribution is -0.138. The zero-order valence-electron chi connectivity index (χ0n) is 12.4. The zero-order chi connectivity index (χ0) is 15.2. The molecule has 1 unspecified atom stereocenters. The summed E-state index contributed by atoms with van der Waals surface area (Å²) in [6, 6.07) is 15.5. The Balaban J connectivity index is 2.06. The smallest absolute Gasteiger partial charge is 0.310 e. The van der Waals surface area contributed by atoms with Crippen molar-refractivity contribution in [1.82, 2.24) is 0 Å². The average molecular weight is 284 g/mol. The van der Waals surface area contributed by atoms with Crippen molar-refractivity contribution in [3.63, 3.8) is 0 Å². The second-order valence-corrected chi connectivity index (χ2v) is 5.19. The Morgan fingerprint density at radius 1 is 1.10 bits per heavy atom. The summed E-state index contributed by atoms with van der Waals surface area (Å²) in [4.78, 5) is 11.5. The molecule has 0 aliphatic carbocycles. The van der Waals surface area contributed by atoms with Crippen LogP contribution in [-0.4, -0.2) is 18.2 Å². The Morgan fingerprint density at radius 3 is 2.24 bits per heavy atom. The summed E-state index contributed by atoms with van der Waals surface area (Å²) in [6.07, 6.45) is 1.32. The lowest BCUT2D eigenvalue weighted by atomic mass is 9.92. The van der Waals surface area contributed by atoms with E-state index in [0.717, 1.165) is 28.9 Å². The van der Waals surface area contributed by atoms with E-state index in [1.54, 1.807) is 7.11 Å². The van der Waals surface area contributed by atoms with Crippen molar-refractivity contribution in [1.29, 1.82) is 0 Å². The molecular formula is C18H20O3. The molecule has 2 aromatic carbocycles. The fourth-order valence-electron chi connectivity index (χ4n) is 2.33.